The summed E-state index contributed by atoms with van der Waals surface area (Å²) >= 11 is 0. The summed E-state index contributed by atoms with van der Waals surface area (Å²) in [6.07, 6.45) is 9.69. The van der Waals surface area contributed by atoms with E-state index in [1.54, 1.807) is 0 Å². The molecule has 0 aromatic rings. The SMILES string of the molecule is C=CCC1=CCCC(=O)CCC1. The van der Waals surface area contributed by atoms with E-state index in [-0.39, 0.29) is 0 Å². The molecule has 0 aromatic carbocycles. The van der Waals surface area contributed by atoms with Crippen molar-refractivity contribution in [2.45, 2.75) is 38.5 Å². The van der Waals surface area contributed by atoms with Gasteiger partial charge < -0.3 is 0 Å². The van der Waals surface area contributed by atoms with Crippen molar-refractivity contribution in [3.63, 3.8) is 0 Å². The molecule has 1 heteroatoms. The third-order valence-corrected chi connectivity index (χ3v) is 2.22. The summed E-state index contributed by atoms with van der Waals surface area (Å²) in [5, 5.41) is 0. The molecule has 1 nitrogen and oxygen atoms in total. The van der Waals surface area contributed by atoms with Gasteiger partial charge in [-0.2, -0.15) is 0 Å². The van der Waals surface area contributed by atoms with E-state index >= 15 is 0 Å². The van der Waals surface area contributed by atoms with Crippen LogP contribution < -0.4 is 0 Å². The third kappa shape index (κ3) is 3.04. The van der Waals surface area contributed by atoms with Crippen LogP contribution in [0.15, 0.2) is 24.3 Å². The lowest BCUT2D eigenvalue weighted by Gasteiger charge is -2.08. The van der Waals surface area contributed by atoms with Crippen molar-refractivity contribution >= 4 is 5.78 Å². The molecule has 0 atom stereocenters. The highest BCUT2D eigenvalue weighted by atomic mass is 16.1. The molecule has 0 aromatic heterocycles. The maximum atomic E-state index is 11.1. The number of rotatable bonds is 2. The molecule has 12 heavy (non-hydrogen) atoms. The van der Waals surface area contributed by atoms with Crippen LogP contribution in [0.2, 0.25) is 0 Å². The molecule has 0 unspecified atom stereocenters. The Balaban J connectivity index is 2.47. The van der Waals surface area contributed by atoms with Crippen LogP contribution in [0.3, 0.4) is 0 Å². The van der Waals surface area contributed by atoms with Gasteiger partial charge in [0.05, 0.1) is 0 Å². The quantitative estimate of drug-likeness (QED) is 0.573. The van der Waals surface area contributed by atoms with Crippen molar-refractivity contribution < 1.29 is 4.79 Å². The van der Waals surface area contributed by atoms with Gasteiger partial charge in [0.2, 0.25) is 0 Å². The van der Waals surface area contributed by atoms with E-state index in [1.807, 2.05) is 6.08 Å². The topological polar surface area (TPSA) is 17.1 Å². The van der Waals surface area contributed by atoms with Crippen LogP contribution in [0.5, 0.6) is 0 Å². The highest BCUT2D eigenvalue weighted by molar-refractivity contribution is 5.78. The molecule has 0 radical (unpaired) electrons. The van der Waals surface area contributed by atoms with E-state index in [4.69, 9.17) is 0 Å². The molecule has 0 N–H and O–H groups in total. The molecule has 0 fully saturated rings. The second kappa shape index (κ2) is 4.91. The Kier molecular flexibility index (Phi) is 3.78. The van der Waals surface area contributed by atoms with Gasteiger partial charge in [-0.25, -0.2) is 0 Å². The Bertz CT molecular complexity index is 201. The van der Waals surface area contributed by atoms with Gasteiger partial charge in [-0.15, -0.1) is 6.58 Å². The van der Waals surface area contributed by atoms with Crippen molar-refractivity contribution in [3.8, 4) is 0 Å². The van der Waals surface area contributed by atoms with Gasteiger partial charge in [-0.3, -0.25) is 4.79 Å². The number of allylic oxidation sites excluding steroid dienone is 3. The van der Waals surface area contributed by atoms with Gasteiger partial charge in [-0.1, -0.05) is 17.7 Å². The maximum Gasteiger partial charge on any atom is 0.133 e. The molecule has 1 rings (SSSR count). The van der Waals surface area contributed by atoms with E-state index in [1.165, 1.54) is 5.57 Å². The first-order chi connectivity index (χ1) is 5.83. The third-order valence-electron chi connectivity index (χ3n) is 2.22. The predicted octanol–water partition coefficient (Wildman–Crippen LogP) is 3.02. The Morgan fingerprint density at radius 1 is 1.42 bits per heavy atom. The Morgan fingerprint density at radius 2 is 2.25 bits per heavy atom. The Labute approximate surface area is 74.2 Å². The van der Waals surface area contributed by atoms with Crippen LogP contribution >= 0.6 is 0 Å². The normalized spacial score (nSPS) is 19.3. The van der Waals surface area contributed by atoms with E-state index in [2.05, 4.69) is 12.7 Å². The lowest BCUT2D eigenvalue weighted by molar-refractivity contribution is -0.119. The number of ketones is 1. The van der Waals surface area contributed by atoms with E-state index in [0.29, 0.717) is 5.78 Å². The van der Waals surface area contributed by atoms with Crippen molar-refractivity contribution in [2.24, 2.45) is 0 Å². The summed E-state index contributed by atoms with van der Waals surface area (Å²) in [4.78, 5) is 11.1. The average Bonchev–Trinajstić information content (AvgIpc) is 2.00. The number of Topliss-reactive ketones (excluding diaryl/α,β-unsaturated/α-hetero) is 1. The van der Waals surface area contributed by atoms with Gasteiger partial charge in [0, 0.05) is 12.8 Å². The summed E-state index contributed by atoms with van der Waals surface area (Å²) in [6.45, 7) is 3.72. The van der Waals surface area contributed by atoms with Crippen molar-refractivity contribution in [3.05, 3.63) is 24.3 Å². The average molecular weight is 164 g/mol. The molecule has 1 aliphatic carbocycles. The number of carbonyl (C=O) groups is 1. The summed E-state index contributed by atoms with van der Waals surface area (Å²) in [5.41, 5.74) is 1.46. The fourth-order valence-corrected chi connectivity index (χ4v) is 1.55. The maximum absolute atomic E-state index is 11.1. The van der Waals surface area contributed by atoms with Crippen molar-refractivity contribution in [1.29, 1.82) is 0 Å². The highest BCUT2D eigenvalue weighted by Crippen LogP contribution is 2.17. The highest BCUT2D eigenvalue weighted by Gasteiger charge is 2.05. The Hall–Kier alpha value is -0.850. The summed E-state index contributed by atoms with van der Waals surface area (Å²) in [6, 6.07) is 0. The van der Waals surface area contributed by atoms with Crippen LogP contribution in [0.4, 0.5) is 0 Å². The zero-order valence-corrected chi connectivity index (χ0v) is 7.51. The van der Waals surface area contributed by atoms with Crippen molar-refractivity contribution in [2.75, 3.05) is 0 Å². The number of carbonyl (C=O) groups excluding carboxylic acids is 1. The standard InChI is InChI=1S/C11H16O/c1-2-5-10-6-3-8-11(12)9-4-7-10/h2,6H,1,3-5,7-9H2. The van der Waals surface area contributed by atoms with Crippen LogP contribution in [0.1, 0.15) is 38.5 Å². The van der Waals surface area contributed by atoms with E-state index in [9.17, 15) is 4.79 Å². The molecule has 0 saturated heterocycles. The van der Waals surface area contributed by atoms with Crippen LogP contribution in [-0.4, -0.2) is 5.78 Å². The predicted molar refractivity (Wildman–Crippen MR) is 51.0 cm³/mol. The summed E-state index contributed by atoms with van der Waals surface area (Å²) in [5.74, 6) is 0.420. The van der Waals surface area contributed by atoms with Gasteiger partial charge in [0.1, 0.15) is 5.78 Å². The minimum absolute atomic E-state index is 0.420. The molecule has 0 spiro atoms. The van der Waals surface area contributed by atoms with Crippen LogP contribution in [-0.2, 0) is 4.79 Å². The molecule has 66 valence electrons. The van der Waals surface area contributed by atoms with E-state index in [0.717, 1.165) is 38.5 Å². The summed E-state index contributed by atoms with van der Waals surface area (Å²) in [7, 11) is 0. The van der Waals surface area contributed by atoms with Gasteiger partial charge in [0.15, 0.2) is 0 Å². The monoisotopic (exact) mass is 164 g/mol. The first kappa shape index (κ1) is 9.24. The molecule has 0 saturated carbocycles. The van der Waals surface area contributed by atoms with Crippen LogP contribution in [0.25, 0.3) is 0 Å². The van der Waals surface area contributed by atoms with E-state index < -0.39 is 0 Å². The zero-order chi connectivity index (χ0) is 8.81. The molecule has 0 amide bonds. The molecule has 1 aliphatic rings. The van der Waals surface area contributed by atoms with Gasteiger partial charge >= 0.3 is 0 Å². The zero-order valence-electron chi connectivity index (χ0n) is 7.51. The number of hydrogen-bond acceptors (Lipinski definition) is 1. The molecular formula is C11H16O. The largest absolute Gasteiger partial charge is 0.300 e. The smallest absolute Gasteiger partial charge is 0.133 e. The van der Waals surface area contributed by atoms with Crippen LogP contribution in [0, 0.1) is 0 Å². The Morgan fingerprint density at radius 3 is 3.00 bits per heavy atom. The molecule has 0 heterocycles. The fourth-order valence-electron chi connectivity index (χ4n) is 1.55. The lowest BCUT2D eigenvalue weighted by atomic mass is 9.97. The summed E-state index contributed by atoms with van der Waals surface area (Å²) < 4.78 is 0. The second-order valence-corrected chi connectivity index (χ2v) is 3.29. The molecular weight excluding hydrogens is 148 g/mol. The van der Waals surface area contributed by atoms with Gasteiger partial charge in [0.25, 0.3) is 0 Å². The minimum atomic E-state index is 0.420. The fraction of sp³-hybridized carbons (Fsp3) is 0.545. The second-order valence-electron chi connectivity index (χ2n) is 3.29. The van der Waals surface area contributed by atoms with Crippen molar-refractivity contribution in [1.82, 2.24) is 0 Å². The first-order valence-electron chi connectivity index (χ1n) is 4.63. The van der Waals surface area contributed by atoms with Gasteiger partial charge in [-0.05, 0) is 25.7 Å². The number of hydrogen-bond donors (Lipinski definition) is 0. The molecule has 0 aliphatic heterocycles. The first-order valence-corrected chi connectivity index (χ1v) is 4.63. The molecule has 0 bridgehead atoms. The lowest BCUT2D eigenvalue weighted by Crippen LogP contribution is -2.00. The minimum Gasteiger partial charge on any atom is -0.300 e.